The largest absolute Gasteiger partial charge is 0.474 e. The molecule has 0 unspecified atom stereocenters. The van der Waals surface area contributed by atoms with E-state index in [-0.39, 0.29) is 10.9 Å². The molecule has 2 aliphatic heterocycles. The number of aliphatic imine (C=N–C) groups is 1. The molecule has 0 atom stereocenters. The van der Waals surface area contributed by atoms with Gasteiger partial charge in [-0.05, 0) is 32.4 Å². The number of aromatic nitrogens is 1. The SMILES string of the molecule is CCNC(=NCc1ccnc(OC2CCOCC2)c1)N1CCSC(C)(C)C1. The number of hydrogen-bond donors (Lipinski definition) is 1. The minimum atomic E-state index is 0.204. The van der Waals surface area contributed by atoms with E-state index in [0.29, 0.717) is 12.4 Å². The Kier molecular flexibility index (Phi) is 7.24. The van der Waals surface area contributed by atoms with Crippen LogP contribution in [0.4, 0.5) is 0 Å². The van der Waals surface area contributed by atoms with Gasteiger partial charge < -0.3 is 19.7 Å². The van der Waals surface area contributed by atoms with Crippen molar-refractivity contribution in [2.75, 3.05) is 38.6 Å². The van der Waals surface area contributed by atoms with Crippen LogP contribution in [-0.2, 0) is 11.3 Å². The van der Waals surface area contributed by atoms with Crippen LogP contribution >= 0.6 is 11.8 Å². The molecule has 150 valence electrons. The van der Waals surface area contributed by atoms with E-state index in [2.05, 4.69) is 36.0 Å². The van der Waals surface area contributed by atoms with E-state index in [4.69, 9.17) is 14.5 Å². The van der Waals surface area contributed by atoms with E-state index in [0.717, 1.165) is 63.0 Å². The minimum Gasteiger partial charge on any atom is -0.474 e. The minimum absolute atomic E-state index is 0.204. The highest BCUT2D eigenvalue weighted by atomic mass is 32.2. The number of rotatable bonds is 5. The number of nitrogens with zero attached hydrogens (tertiary/aromatic N) is 3. The van der Waals surface area contributed by atoms with Crippen molar-refractivity contribution in [3.63, 3.8) is 0 Å². The maximum Gasteiger partial charge on any atom is 0.213 e. The molecule has 0 amide bonds. The molecule has 3 rings (SSSR count). The number of guanidine groups is 1. The molecule has 3 heterocycles. The summed E-state index contributed by atoms with van der Waals surface area (Å²) in [6, 6.07) is 4.03. The Bertz CT molecular complexity index is 632. The molecule has 1 N–H and O–H groups in total. The molecule has 6 nitrogen and oxygen atoms in total. The van der Waals surface area contributed by atoms with E-state index in [1.165, 1.54) is 0 Å². The second-order valence-electron chi connectivity index (χ2n) is 7.63. The van der Waals surface area contributed by atoms with E-state index >= 15 is 0 Å². The second-order valence-corrected chi connectivity index (χ2v) is 9.43. The van der Waals surface area contributed by atoms with Gasteiger partial charge in [0.1, 0.15) is 6.10 Å². The predicted octanol–water partition coefficient (Wildman–Crippen LogP) is 2.93. The lowest BCUT2D eigenvalue weighted by Gasteiger charge is -2.39. The number of hydrogen-bond acceptors (Lipinski definition) is 5. The molecule has 27 heavy (non-hydrogen) atoms. The average molecular weight is 393 g/mol. The van der Waals surface area contributed by atoms with Gasteiger partial charge in [0.2, 0.25) is 5.88 Å². The molecule has 0 radical (unpaired) electrons. The fraction of sp³-hybridized carbons (Fsp3) is 0.700. The van der Waals surface area contributed by atoms with E-state index < -0.39 is 0 Å². The van der Waals surface area contributed by atoms with Crippen LogP contribution in [0, 0.1) is 0 Å². The first-order valence-electron chi connectivity index (χ1n) is 9.92. The van der Waals surface area contributed by atoms with Crippen LogP contribution in [0.1, 0.15) is 39.2 Å². The Morgan fingerprint density at radius 1 is 1.44 bits per heavy atom. The quantitative estimate of drug-likeness (QED) is 0.614. The van der Waals surface area contributed by atoms with Crippen LogP contribution in [0.25, 0.3) is 0 Å². The zero-order chi connectivity index (χ0) is 19.1. The molecule has 0 aliphatic carbocycles. The van der Waals surface area contributed by atoms with Gasteiger partial charge in [-0.25, -0.2) is 9.98 Å². The van der Waals surface area contributed by atoms with E-state index in [1.54, 1.807) is 0 Å². The third-order valence-electron chi connectivity index (χ3n) is 4.73. The normalized spacial score (nSPS) is 21.1. The standard InChI is InChI=1S/C20H32N4O2S/c1-4-21-19(24-9-12-27-20(2,3)15-24)23-14-16-5-8-22-18(13-16)26-17-6-10-25-11-7-17/h5,8,13,17H,4,6-7,9-12,14-15H2,1-3H3,(H,21,23). The summed E-state index contributed by atoms with van der Waals surface area (Å²) in [6.45, 7) is 11.8. The zero-order valence-electron chi connectivity index (χ0n) is 16.7. The molecule has 0 bridgehead atoms. The summed E-state index contributed by atoms with van der Waals surface area (Å²) in [5.41, 5.74) is 1.12. The average Bonchev–Trinajstić information content (AvgIpc) is 2.65. The van der Waals surface area contributed by atoms with Gasteiger partial charge >= 0.3 is 0 Å². The zero-order valence-corrected chi connectivity index (χ0v) is 17.6. The lowest BCUT2D eigenvalue weighted by molar-refractivity contribution is 0.0237. The van der Waals surface area contributed by atoms with Gasteiger partial charge in [-0.1, -0.05) is 0 Å². The molecule has 2 fully saturated rings. The lowest BCUT2D eigenvalue weighted by Crippen LogP contribution is -2.50. The van der Waals surface area contributed by atoms with Crippen LogP contribution in [-0.4, -0.2) is 65.3 Å². The molecule has 1 aromatic rings. The van der Waals surface area contributed by atoms with Crippen LogP contribution in [0.15, 0.2) is 23.3 Å². The summed E-state index contributed by atoms with van der Waals surface area (Å²) in [6.07, 6.45) is 3.87. The highest BCUT2D eigenvalue weighted by molar-refractivity contribution is 8.00. The Labute approximate surface area is 167 Å². The summed E-state index contributed by atoms with van der Waals surface area (Å²) in [4.78, 5) is 11.6. The topological polar surface area (TPSA) is 59.0 Å². The molecular formula is C20H32N4O2S. The molecule has 1 aromatic heterocycles. The Morgan fingerprint density at radius 2 is 2.26 bits per heavy atom. The van der Waals surface area contributed by atoms with Crippen LogP contribution < -0.4 is 10.1 Å². The molecular weight excluding hydrogens is 360 g/mol. The number of pyridine rings is 1. The first-order chi connectivity index (χ1) is 13.1. The summed E-state index contributed by atoms with van der Waals surface area (Å²) < 4.78 is 11.7. The molecule has 0 aromatic carbocycles. The Balaban J connectivity index is 1.64. The molecule has 2 saturated heterocycles. The van der Waals surface area contributed by atoms with Crippen molar-refractivity contribution >= 4 is 17.7 Å². The highest BCUT2D eigenvalue weighted by Crippen LogP contribution is 2.29. The van der Waals surface area contributed by atoms with Gasteiger partial charge in [-0.15, -0.1) is 0 Å². The van der Waals surface area contributed by atoms with Crippen molar-refractivity contribution in [2.45, 2.75) is 51.0 Å². The first-order valence-corrected chi connectivity index (χ1v) is 10.9. The molecule has 0 spiro atoms. The predicted molar refractivity (Wildman–Crippen MR) is 112 cm³/mol. The fourth-order valence-electron chi connectivity index (χ4n) is 3.37. The van der Waals surface area contributed by atoms with Crippen molar-refractivity contribution < 1.29 is 9.47 Å². The number of ether oxygens (including phenoxy) is 2. The van der Waals surface area contributed by atoms with Gasteiger partial charge in [0.25, 0.3) is 0 Å². The van der Waals surface area contributed by atoms with Crippen LogP contribution in [0.2, 0.25) is 0 Å². The fourth-order valence-corrected chi connectivity index (χ4v) is 4.48. The van der Waals surface area contributed by atoms with Gasteiger partial charge in [-0.2, -0.15) is 11.8 Å². The molecule has 7 heteroatoms. The van der Waals surface area contributed by atoms with Crippen molar-refractivity contribution in [3.8, 4) is 5.88 Å². The van der Waals surface area contributed by atoms with Crippen molar-refractivity contribution in [1.82, 2.24) is 15.2 Å². The first kappa shape index (κ1) is 20.3. The van der Waals surface area contributed by atoms with Crippen molar-refractivity contribution in [2.24, 2.45) is 4.99 Å². The van der Waals surface area contributed by atoms with Gasteiger partial charge in [0.05, 0.1) is 19.8 Å². The Hall–Kier alpha value is -1.47. The summed E-state index contributed by atoms with van der Waals surface area (Å²) >= 11 is 2.03. The van der Waals surface area contributed by atoms with Crippen molar-refractivity contribution in [1.29, 1.82) is 0 Å². The molecule has 0 saturated carbocycles. The number of thioether (sulfide) groups is 1. The van der Waals surface area contributed by atoms with Crippen LogP contribution in [0.5, 0.6) is 5.88 Å². The smallest absolute Gasteiger partial charge is 0.213 e. The maximum atomic E-state index is 6.03. The summed E-state index contributed by atoms with van der Waals surface area (Å²) in [5, 5.41) is 3.45. The third kappa shape index (κ3) is 6.28. The summed E-state index contributed by atoms with van der Waals surface area (Å²) in [7, 11) is 0. The molecule has 2 aliphatic rings. The van der Waals surface area contributed by atoms with E-state index in [1.807, 2.05) is 30.1 Å². The highest BCUT2D eigenvalue weighted by Gasteiger charge is 2.28. The third-order valence-corrected chi connectivity index (χ3v) is 6.02. The van der Waals surface area contributed by atoms with E-state index in [9.17, 15) is 0 Å². The monoisotopic (exact) mass is 392 g/mol. The maximum absolute atomic E-state index is 6.03. The van der Waals surface area contributed by atoms with Gasteiger partial charge in [-0.3, -0.25) is 0 Å². The lowest BCUT2D eigenvalue weighted by atomic mass is 10.1. The van der Waals surface area contributed by atoms with Crippen molar-refractivity contribution in [3.05, 3.63) is 23.9 Å². The second kappa shape index (κ2) is 9.64. The summed E-state index contributed by atoms with van der Waals surface area (Å²) in [5.74, 6) is 2.82. The van der Waals surface area contributed by atoms with Gasteiger partial charge in [0.15, 0.2) is 5.96 Å². The van der Waals surface area contributed by atoms with Crippen LogP contribution in [0.3, 0.4) is 0 Å². The van der Waals surface area contributed by atoms with Gasteiger partial charge in [0, 0.05) is 55.2 Å². The number of nitrogens with one attached hydrogen (secondary N) is 1. The Morgan fingerprint density at radius 3 is 3.00 bits per heavy atom.